The third-order valence-corrected chi connectivity index (χ3v) is 6.03. The minimum atomic E-state index is -3.99. The Bertz CT molecular complexity index is 1150. The number of aryl methyl sites for hydroxylation is 1. The average molecular weight is 425 g/mol. The van der Waals surface area contributed by atoms with Crippen molar-refractivity contribution in [3.63, 3.8) is 0 Å². The molecule has 0 aliphatic carbocycles. The molecular formula is C22H20FN3O3S. The Hall–Kier alpha value is -3.52. The number of nitrogens with zero attached hydrogens (tertiary/aromatic N) is 2. The maximum absolute atomic E-state index is 13.6. The fourth-order valence-electron chi connectivity index (χ4n) is 2.67. The summed E-state index contributed by atoms with van der Waals surface area (Å²) in [5, 5.41) is 3.73. The van der Waals surface area contributed by atoms with E-state index in [1.54, 1.807) is 54.6 Å². The van der Waals surface area contributed by atoms with Crippen LogP contribution in [0.5, 0.6) is 0 Å². The van der Waals surface area contributed by atoms with Crippen LogP contribution in [0.15, 0.2) is 88.9 Å². The third-order valence-electron chi connectivity index (χ3n) is 4.24. The fourth-order valence-corrected chi connectivity index (χ4v) is 4.09. The molecule has 3 rings (SSSR count). The third kappa shape index (κ3) is 5.09. The summed E-state index contributed by atoms with van der Waals surface area (Å²) in [5.74, 6) is -1.15. The monoisotopic (exact) mass is 425 g/mol. The largest absolute Gasteiger partial charge is 0.271 e. The number of anilines is 1. The van der Waals surface area contributed by atoms with Gasteiger partial charge in [0.25, 0.3) is 15.9 Å². The van der Waals surface area contributed by atoms with E-state index in [2.05, 4.69) is 10.5 Å². The van der Waals surface area contributed by atoms with Gasteiger partial charge in [0.1, 0.15) is 12.4 Å². The summed E-state index contributed by atoms with van der Waals surface area (Å²) < 4.78 is 41.0. The van der Waals surface area contributed by atoms with Gasteiger partial charge in [-0.15, -0.1) is 0 Å². The van der Waals surface area contributed by atoms with Gasteiger partial charge in [-0.05, 0) is 37.3 Å². The zero-order chi connectivity index (χ0) is 21.6. The number of amides is 1. The minimum Gasteiger partial charge on any atom is -0.271 e. The summed E-state index contributed by atoms with van der Waals surface area (Å²) >= 11 is 0. The summed E-state index contributed by atoms with van der Waals surface area (Å²) in [5.41, 5.74) is 3.70. The summed E-state index contributed by atoms with van der Waals surface area (Å²) in [7, 11) is -3.99. The lowest BCUT2D eigenvalue weighted by molar-refractivity contribution is -0.119. The molecule has 30 heavy (non-hydrogen) atoms. The van der Waals surface area contributed by atoms with E-state index in [4.69, 9.17) is 0 Å². The molecule has 0 aromatic heterocycles. The van der Waals surface area contributed by atoms with Crippen molar-refractivity contribution in [3.05, 3.63) is 95.8 Å². The molecule has 0 radical (unpaired) electrons. The number of benzene rings is 3. The standard InChI is InChI=1S/C22H20FN3O3S/c1-17-11-13-20(14-12-17)30(28,29)26(19-8-3-2-4-9-19)16-22(27)25-24-15-18-7-5-6-10-21(18)23/h2-15H,16H2,1H3,(H,25,27)/b24-15+. The van der Waals surface area contributed by atoms with Crippen LogP contribution in [0.1, 0.15) is 11.1 Å². The number of carbonyl (C=O) groups is 1. The topological polar surface area (TPSA) is 78.8 Å². The van der Waals surface area contributed by atoms with Crippen LogP contribution in [0.25, 0.3) is 0 Å². The molecule has 0 unspecified atom stereocenters. The van der Waals surface area contributed by atoms with E-state index in [-0.39, 0.29) is 10.5 Å². The number of hydrogen-bond donors (Lipinski definition) is 1. The van der Waals surface area contributed by atoms with Crippen molar-refractivity contribution >= 4 is 27.8 Å². The molecule has 8 heteroatoms. The van der Waals surface area contributed by atoms with Crippen molar-refractivity contribution in [1.29, 1.82) is 0 Å². The number of hydrogen-bond acceptors (Lipinski definition) is 4. The van der Waals surface area contributed by atoms with Gasteiger partial charge in [-0.25, -0.2) is 18.2 Å². The number of nitrogens with one attached hydrogen (secondary N) is 1. The molecule has 0 spiro atoms. The molecule has 0 aliphatic rings. The fraction of sp³-hybridized carbons (Fsp3) is 0.0909. The van der Waals surface area contributed by atoms with Crippen LogP contribution in [0, 0.1) is 12.7 Å². The Kier molecular flexibility index (Phi) is 6.58. The number of rotatable bonds is 7. The van der Waals surface area contributed by atoms with E-state index in [0.29, 0.717) is 5.69 Å². The molecule has 0 saturated carbocycles. The number of halogens is 1. The molecule has 0 aliphatic heterocycles. The Balaban J connectivity index is 1.82. The first-order chi connectivity index (χ1) is 14.4. The van der Waals surface area contributed by atoms with Crippen LogP contribution in [0.4, 0.5) is 10.1 Å². The van der Waals surface area contributed by atoms with Gasteiger partial charge in [-0.1, -0.05) is 54.1 Å². The van der Waals surface area contributed by atoms with E-state index >= 15 is 0 Å². The molecule has 1 amide bonds. The lowest BCUT2D eigenvalue weighted by Gasteiger charge is -2.23. The second kappa shape index (κ2) is 9.32. The number of para-hydroxylation sites is 1. The molecule has 0 heterocycles. The van der Waals surface area contributed by atoms with Crippen LogP contribution in [-0.4, -0.2) is 27.1 Å². The number of carbonyl (C=O) groups excluding carboxylic acids is 1. The van der Waals surface area contributed by atoms with Crippen molar-refractivity contribution in [1.82, 2.24) is 5.43 Å². The Morgan fingerprint density at radius 1 is 1.00 bits per heavy atom. The highest BCUT2D eigenvalue weighted by atomic mass is 32.2. The quantitative estimate of drug-likeness (QED) is 0.465. The second-order valence-electron chi connectivity index (χ2n) is 6.47. The predicted octanol–water partition coefficient (Wildman–Crippen LogP) is 3.48. The van der Waals surface area contributed by atoms with Gasteiger partial charge >= 0.3 is 0 Å². The highest BCUT2D eigenvalue weighted by Gasteiger charge is 2.27. The van der Waals surface area contributed by atoms with Crippen LogP contribution >= 0.6 is 0 Å². The van der Waals surface area contributed by atoms with Crippen LogP contribution in [0.3, 0.4) is 0 Å². The van der Waals surface area contributed by atoms with Gasteiger partial charge in [0.2, 0.25) is 0 Å². The molecule has 3 aromatic rings. The summed E-state index contributed by atoms with van der Waals surface area (Å²) in [6.45, 7) is 1.36. The predicted molar refractivity (Wildman–Crippen MR) is 114 cm³/mol. The molecule has 154 valence electrons. The maximum atomic E-state index is 13.6. The molecule has 0 fully saturated rings. The van der Waals surface area contributed by atoms with Crippen molar-refractivity contribution in [2.75, 3.05) is 10.8 Å². The minimum absolute atomic E-state index is 0.0691. The zero-order valence-corrected chi connectivity index (χ0v) is 17.0. The van der Waals surface area contributed by atoms with Crippen molar-refractivity contribution in [2.24, 2.45) is 5.10 Å². The normalized spacial score (nSPS) is 11.4. The van der Waals surface area contributed by atoms with E-state index < -0.39 is 28.3 Å². The highest BCUT2D eigenvalue weighted by Crippen LogP contribution is 2.23. The lowest BCUT2D eigenvalue weighted by atomic mass is 10.2. The highest BCUT2D eigenvalue weighted by molar-refractivity contribution is 7.92. The van der Waals surface area contributed by atoms with Crippen molar-refractivity contribution in [2.45, 2.75) is 11.8 Å². The van der Waals surface area contributed by atoms with Gasteiger partial charge < -0.3 is 0 Å². The zero-order valence-electron chi connectivity index (χ0n) is 16.2. The van der Waals surface area contributed by atoms with Crippen LogP contribution in [-0.2, 0) is 14.8 Å². The smallest absolute Gasteiger partial charge is 0.264 e. The molecule has 3 aromatic carbocycles. The molecule has 1 N–H and O–H groups in total. The average Bonchev–Trinajstić information content (AvgIpc) is 2.74. The Morgan fingerprint density at radius 3 is 2.30 bits per heavy atom. The van der Waals surface area contributed by atoms with Crippen LogP contribution < -0.4 is 9.73 Å². The van der Waals surface area contributed by atoms with Gasteiger partial charge in [0, 0.05) is 5.56 Å². The summed E-state index contributed by atoms with van der Waals surface area (Å²) in [6, 6.07) is 20.6. The van der Waals surface area contributed by atoms with Gasteiger partial charge in [0.15, 0.2) is 0 Å². The van der Waals surface area contributed by atoms with E-state index in [1.165, 1.54) is 24.3 Å². The molecular weight excluding hydrogens is 405 g/mol. The first-order valence-corrected chi connectivity index (χ1v) is 10.5. The number of sulfonamides is 1. The van der Waals surface area contributed by atoms with Crippen molar-refractivity contribution in [3.8, 4) is 0 Å². The second-order valence-corrected chi connectivity index (χ2v) is 8.34. The number of hydrazone groups is 1. The molecule has 0 atom stereocenters. The summed E-state index contributed by atoms with van der Waals surface area (Å²) in [4.78, 5) is 12.5. The van der Waals surface area contributed by atoms with Crippen molar-refractivity contribution < 1.29 is 17.6 Å². The van der Waals surface area contributed by atoms with Crippen LogP contribution in [0.2, 0.25) is 0 Å². The van der Waals surface area contributed by atoms with E-state index in [0.717, 1.165) is 16.1 Å². The Morgan fingerprint density at radius 2 is 1.63 bits per heavy atom. The van der Waals surface area contributed by atoms with Gasteiger partial charge in [-0.3, -0.25) is 9.10 Å². The maximum Gasteiger partial charge on any atom is 0.264 e. The van der Waals surface area contributed by atoms with Gasteiger partial charge in [0.05, 0.1) is 16.8 Å². The first kappa shape index (κ1) is 21.2. The summed E-state index contributed by atoms with van der Waals surface area (Å²) in [6.07, 6.45) is 1.16. The Labute approximate surface area is 174 Å². The SMILES string of the molecule is Cc1ccc(S(=O)(=O)N(CC(=O)N/N=C/c2ccccc2F)c2ccccc2)cc1. The molecule has 6 nitrogen and oxygen atoms in total. The molecule has 0 bridgehead atoms. The lowest BCUT2D eigenvalue weighted by Crippen LogP contribution is -2.39. The first-order valence-electron chi connectivity index (χ1n) is 9.09. The van der Waals surface area contributed by atoms with E-state index in [9.17, 15) is 17.6 Å². The van der Waals surface area contributed by atoms with E-state index in [1.807, 2.05) is 6.92 Å². The van der Waals surface area contributed by atoms with Gasteiger partial charge in [-0.2, -0.15) is 5.10 Å². The molecule has 0 saturated heterocycles.